The molecule has 0 radical (unpaired) electrons. The molecule has 26 heavy (non-hydrogen) atoms. The Kier molecular flexibility index (Phi) is 5.27. The number of nitrogens with zero attached hydrogens (tertiary/aromatic N) is 2. The SMILES string of the molecule is Cc1ccc(C)c(NC(=O)c2cnc(NCc3ccccc3C)cn2)c1. The van der Waals surface area contributed by atoms with E-state index in [2.05, 4.69) is 39.7 Å². The average molecular weight is 346 g/mol. The Morgan fingerprint density at radius 1 is 0.962 bits per heavy atom. The second-order valence-corrected chi connectivity index (χ2v) is 6.34. The van der Waals surface area contributed by atoms with Crippen LogP contribution in [0.15, 0.2) is 54.9 Å². The monoisotopic (exact) mass is 346 g/mol. The molecular weight excluding hydrogens is 324 g/mol. The van der Waals surface area contributed by atoms with Crippen molar-refractivity contribution in [3.63, 3.8) is 0 Å². The van der Waals surface area contributed by atoms with E-state index in [-0.39, 0.29) is 11.6 Å². The van der Waals surface area contributed by atoms with Crippen LogP contribution in [-0.2, 0) is 6.54 Å². The number of rotatable bonds is 5. The summed E-state index contributed by atoms with van der Waals surface area (Å²) in [5, 5.41) is 6.12. The minimum Gasteiger partial charge on any atom is -0.365 e. The summed E-state index contributed by atoms with van der Waals surface area (Å²) in [6, 6.07) is 14.1. The van der Waals surface area contributed by atoms with E-state index < -0.39 is 0 Å². The normalized spacial score (nSPS) is 10.4. The van der Waals surface area contributed by atoms with Gasteiger partial charge < -0.3 is 10.6 Å². The molecule has 0 saturated carbocycles. The number of benzene rings is 2. The second-order valence-electron chi connectivity index (χ2n) is 6.34. The van der Waals surface area contributed by atoms with E-state index in [1.54, 1.807) is 6.20 Å². The fourth-order valence-electron chi connectivity index (χ4n) is 2.59. The Labute approximate surface area is 153 Å². The first-order chi connectivity index (χ1) is 12.5. The molecule has 0 fully saturated rings. The maximum atomic E-state index is 12.4. The fraction of sp³-hybridized carbons (Fsp3) is 0.190. The number of hydrogen-bond acceptors (Lipinski definition) is 4. The van der Waals surface area contributed by atoms with Gasteiger partial charge >= 0.3 is 0 Å². The number of carbonyl (C=O) groups excluding carboxylic acids is 1. The Morgan fingerprint density at radius 3 is 2.50 bits per heavy atom. The molecule has 1 aromatic heterocycles. The highest BCUT2D eigenvalue weighted by Crippen LogP contribution is 2.17. The van der Waals surface area contributed by atoms with Gasteiger partial charge in [0.15, 0.2) is 0 Å². The van der Waals surface area contributed by atoms with Crippen LogP contribution in [0.1, 0.15) is 32.7 Å². The van der Waals surface area contributed by atoms with Crippen LogP contribution in [0.3, 0.4) is 0 Å². The first kappa shape index (κ1) is 17.6. The van der Waals surface area contributed by atoms with Gasteiger partial charge in [-0.15, -0.1) is 0 Å². The summed E-state index contributed by atoms with van der Waals surface area (Å²) in [7, 11) is 0. The van der Waals surface area contributed by atoms with E-state index in [1.807, 2.05) is 44.2 Å². The van der Waals surface area contributed by atoms with Crippen molar-refractivity contribution in [3.8, 4) is 0 Å². The van der Waals surface area contributed by atoms with Crippen LogP contribution in [0.2, 0.25) is 0 Å². The first-order valence-corrected chi connectivity index (χ1v) is 8.52. The molecule has 0 aliphatic carbocycles. The van der Waals surface area contributed by atoms with E-state index in [0.717, 1.165) is 16.8 Å². The molecule has 0 spiro atoms. The maximum Gasteiger partial charge on any atom is 0.275 e. The standard InChI is InChI=1S/C21H22N4O/c1-14-8-9-16(3)18(10-14)25-21(26)19-12-24-20(13-22-19)23-11-17-7-5-4-6-15(17)2/h4-10,12-13H,11H2,1-3H3,(H,23,24)(H,25,26). The van der Waals surface area contributed by atoms with Gasteiger partial charge in [-0.25, -0.2) is 9.97 Å². The van der Waals surface area contributed by atoms with Crippen molar-refractivity contribution in [2.75, 3.05) is 10.6 Å². The minimum absolute atomic E-state index is 0.267. The van der Waals surface area contributed by atoms with Gasteiger partial charge in [0, 0.05) is 12.2 Å². The van der Waals surface area contributed by atoms with Crippen molar-refractivity contribution in [3.05, 3.63) is 82.8 Å². The third-order valence-electron chi connectivity index (χ3n) is 4.25. The summed E-state index contributed by atoms with van der Waals surface area (Å²) >= 11 is 0. The van der Waals surface area contributed by atoms with E-state index in [1.165, 1.54) is 17.3 Å². The molecule has 132 valence electrons. The number of anilines is 2. The number of amides is 1. The second kappa shape index (κ2) is 7.78. The van der Waals surface area contributed by atoms with Crippen molar-refractivity contribution in [1.82, 2.24) is 9.97 Å². The number of nitrogens with one attached hydrogen (secondary N) is 2. The van der Waals surface area contributed by atoms with E-state index in [0.29, 0.717) is 12.4 Å². The highest BCUT2D eigenvalue weighted by molar-refractivity contribution is 6.03. The molecular formula is C21H22N4O. The average Bonchev–Trinajstić information content (AvgIpc) is 2.64. The third-order valence-corrected chi connectivity index (χ3v) is 4.25. The number of hydrogen-bond donors (Lipinski definition) is 2. The molecule has 5 heteroatoms. The molecule has 0 aliphatic rings. The molecule has 0 saturated heterocycles. The van der Waals surface area contributed by atoms with E-state index in [9.17, 15) is 4.79 Å². The van der Waals surface area contributed by atoms with Crippen molar-refractivity contribution in [2.45, 2.75) is 27.3 Å². The lowest BCUT2D eigenvalue weighted by atomic mass is 10.1. The van der Waals surface area contributed by atoms with Gasteiger partial charge in [-0.1, -0.05) is 36.4 Å². The first-order valence-electron chi connectivity index (χ1n) is 8.52. The summed E-state index contributed by atoms with van der Waals surface area (Å²) < 4.78 is 0. The van der Waals surface area contributed by atoms with Crippen LogP contribution in [-0.4, -0.2) is 15.9 Å². The molecule has 3 rings (SSSR count). The van der Waals surface area contributed by atoms with Crippen molar-refractivity contribution < 1.29 is 4.79 Å². The minimum atomic E-state index is -0.267. The van der Waals surface area contributed by atoms with Crippen LogP contribution >= 0.6 is 0 Å². The summed E-state index contributed by atoms with van der Waals surface area (Å²) in [5.41, 5.74) is 5.59. The topological polar surface area (TPSA) is 66.9 Å². The highest BCUT2D eigenvalue weighted by Gasteiger charge is 2.10. The van der Waals surface area contributed by atoms with Gasteiger partial charge in [-0.3, -0.25) is 4.79 Å². The summed E-state index contributed by atoms with van der Waals surface area (Å²) in [6.07, 6.45) is 3.07. The van der Waals surface area contributed by atoms with Crippen molar-refractivity contribution in [2.24, 2.45) is 0 Å². The molecule has 0 bridgehead atoms. The Hall–Kier alpha value is -3.21. The Balaban J connectivity index is 1.64. The molecule has 3 aromatic rings. The zero-order valence-electron chi connectivity index (χ0n) is 15.2. The van der Waals surface area contributed by atoms with Gasteiger partial charge in [-0.05, 0) is 49.1 Å². The molecule has 1 heterocycles. The van der Waals surface area contributed by atoms with E-state index >= 15 is 0 Å². The molecule has 0 atom stereocenters. The van der Waals surface area contributed by atoms with Crippen molar-refractivity contribution >= 4 is 17.4 Å². The molecule has 2 aromatic carbocycles. The zero-order valence-corrected chi connectivity index (χ0v) is 15.2. The lowest BCUT2D eigenvalue weighted by molar-refractivity contribution is 0.102. The maximum absolute atomic E-state index is 12.4. The van der Waals surface area contributed by atoms with Crippen molar-refractivity contribution in [1.29, 1.82) is 0 Å². The Bertz CT molecular complexity index is 920. The molecule has 2 N–H and O–H groups in total. The van der Waals surface area contributed by atoms with E-state index in [4.69, 9.17) is 0 Å². The molecule has 5 nitrogen and oxygen atoms in total. The number of aryl methyl sites for hydroxylation is 3. The zero-order chi connectivity index (χ0) is 18.5. The van der Waals surface area contributed by atoms with Gasteiger partial charge in [0.2, 0.25) is 0 Å². The lowest BCUT2D eigenvalue weighted by Gasteiger charge is -2.10. The fourth-order valence-corrected chi connectivity index (χ4v) is 2.59. The highest BCUT2D eigenvalue weighted by atomic mass is 16.1. The smallest absolute Gasteiger partial charge is 0.275 e. The lowest BCUT2D eigenvalue weighted by Crippen LogP contribution is -2.15. The van der Waals surface area contributed by atoms with Crippen LogP contribution in [0.25, 0.3) is 0 Å². The number of aromatic nitrogens is 2. The summed E-state index contributed by atoms with van der Waals surface area (Å²) in [4.78, 5) is 20.9. The van der Waals surface area contributed by atoms with Crippen LogP contribution < -0.4 is 10.6 Å². The quantitative estimate of drug-likeness (QED) is 0.724. The number of carbonyl (C=O) groups is 1. The predicted molar refractivity (Wildman–Crippen MR) is 104 cm³/mol. The molecule has 0 aliphatic heterocycles. The predicted octanol–water partition coefficient (Wildman–Crippen LogP) is 4.27. The summed E-state index contributed by atoms with van der Waals surface area (Å²) in [5.74, 6) is 0.369. The largest absolute Gasteiger partial charge is 0.365 e. The van der Waals surface area contributed by atoms with Gasteiger partial charge in [-0.2, -0.15) is 0 Å². The van der Waals surface area contributed by atoms with Gasteiger partial charge in [0.25, 0.3) is 5.91 Å². The van der Waals surface area contributed by atoms with Gasteiger partial charge in [0.1, 0.15) is 11.5 Å². The van der Waals surface area contributed by atoms with Crippen LogP contribution in [0.4, 0.5) is 11.5 Å². The molecule has 1 amide bonds. The van der Waals surface area contributed by atoms with Crippen LogP contribution in [0, 0.1) is 20.8 Å². The Morgan fingerprint density at radius 2 is 1.77 bits per heavy atom. The summed E-state index contributed by atoms with van der Waals surface area (Å²) in [6.45, 7) is 6.68. The third kappa shape index (κ3) is 4.25. The van der Waals surface area contributed by atoms with Crippen LogP contribution in [0.5, 0.6) is 0 Å². The molecule has 0 unspecified atom stereocenters. The van der Waals surface area contributed by atoms with Gasteiger partial charge in [0.05, 0.1) is 12.4 Å².